The van der Waals surface area contributed by atoms with Crippen LogP contribution in [-0.2, 0) is 25.1 Å². The highest BCUT2D eigenvalue weighted by molar-refractivity contribution is 7.85. The highest BCUT2D eigenvalue weighted by Gasteiger charge is 2.43. The molecule has 0 amide bonds. The summed E-state index contributed by atoms with van der Waals surface area (Å²) in [4.78, 5) is 15.2. The molecule has 1 fully saturated rings. The first-order chi connectivity index (χ1) is 15.3. The molecule has 0 aliphatic carbocycles. The second kappa shape index (κ2) is 12.6. The molecule has 0 spiro atoms. The van der Waals surface area contributed by atoms with Crippen LogP contribution < -0.4 is 5.32 Å². The van der Waals surface area contributed by atoms with E-state index in [0.717, 1.165) is 50.3 Å². The third kappa shape index (κ3) is 7.93. The van der Waals surface area contributed by atoms with Gasteiger partial charge in [0.05, 0.1) is 17.8 Å². The molecule has 2 aromatic rings. The molecule has 0 atom stereocenters. The van der Waals surface area contributed by atoms with E-state index in [0.29, 0.717) is 6.61 Å². The maximum Gasteiger partial charge on any atom is 0.316 e. The molecule has 8 heteroatoms. The van der Waals surface area contributed by atoms with Gasteiger partial charge in [0.25, 0.3) is 10.1 Å². The van der Waals surface area contributed by atoms with Crippen molar-refractivity contribution in [3.63, 3.8) is 0 Å². The van der Waals surface area contributed by atoms with Gasteiger partial charge in [0.2, 0.25) is 0 Å². The number of carbonyl (C=O) groups excluding carboxylic acids is 1. The number of rotatable bonds is 8. The molecule has 0 bridgehead atoms. The first kappa shape index (κ1) is 25.8. The monoisotopic (exact) mass is 462 g/mol. The Hall–Kier alpha value is -2.42. The summed E-state index contributed by atoms with van der Waals surface area (Å²) in [5.74, 6) is -0.277. The van der Waals surface area contributed by atoms with Crippen LogP contribution in [0.1, 0.15) is 32.3 Å². The number of hydrogen-bond acceptors (Lipinski definition) is 6. The molecule has 3 rings (SSSR count). The zero-order chi connectivity index (χ0) is 23.5. The van der Waals surface area contributed by atoms with Gasteiger partial charge in [-0.15, -0.1) is 0 Å². The number of likely N-dealkylation sites (tertiary alicyclic amines) is 1. The molecule has 1 aliphatic rings. The lowest BCUT2D eigenvalue weighted by Gasteiger charge is -2.40. The fourth-order valence-corrected chi connectivity index (χ4v) is 3.71. The Bertz CT molecular complexity index is 912. The molecule has 32 heavy (non-hydrogen) atoms. The van der Waals surface area contributed by atoms with Crippen LogP contribution in [0.3, 0.4) is 0 Å². The second-order valence-electron chi connectivity index (χ2n) is 7.67. The van der Waals surface area contributed by atoms with Gasteiger partial charge >= 0.3 is 5.97 Å². The molecule has 0 unspecified atom stereocenters. The van der Waals surface area contributed by atoms with Gasteiger partial charge in [0, 0.05) is 18.8 Å². The Labute approximate surface area is 191 Å². The van der Waals surface area contributed by atoms with Gasteiger partial charge < -0.3 is 15.0 Å². The van der Waals surface area contributed by atoms with E-state index in [4.69, 9.17) is 9.29 Å². The van der Waals surface area contributed by atoms with E-state index >= 15 is 0 Å². The number of carbonyl (C=O) groups is 1. The van der Waals surface area contributed by atoms with E-state index in [2.05, 4.69) is 34.5 Å². The molecule has 1 aliphatic heterocycles. The van der Waals surface area contributed by atoms with Crippen molar-refractivity contribution in [1.29, 1.82) is 0 Å². The lowest BCUT2D eigenvalue weighted by atomic mass is 9.72. The predicted octanol–water partition coefficient (Wildman–Crippen LogP) is 3.59. The molecule has 2 aromatic carbocycles. The summed E-state index contributed by atoms with van der Waals surface area (Å²) in [6, 6.07) is 20.4. The fraction of sp³-hybridized carbons (Fsp3) is 0.458. The number of benzene rings is 2. The number of nitrogens with one attached hydrogen (secondary N) is 1. The quantitative estimate of drug-likeness (QED) is 0.457. The van der Waals surface area contributed by atoms with E-state index in [1.165, 1.54) is 6.92 Å². The van der Waals surface area contributed by atoms with Crippen molar-refractivity contribution in [3.8, 4) is 0 Å². The van der Waals surface area contributed by atoms with E-state index in [9.17, 15) is 13.2 Å². The summed E-state index contributed by atoms with van der Waals surface area (Å²) >= 11 is 0. The number of piperidine rings is 1. The third-order valence-electron chi connectivity index (χ3n) is 5.60. The molecule has 1 saturated heterocycles. The van der Waals surface area contributed by atoms with Crippen LogP contribution in [-0.4, -0.2) is 62.4 Å². The average molecular weight is 463 g/mol. The Morgan fingerprint density at radius 2 is 1.56 bits per heavy atom. The Morgan fingerprint density at radius 3 is 2.06 bits per heavy atom. The van der Waals surface area contributed by atoms with Crippen LogP contribution in [0.4, 0.5) is 5.69 Å². The van der Waals surface area contributed by atoms with Crippen molar-refractivity contribution in [2.24, 2.45) is 0 Å². The molecule has 2 N–H and O–H groups in total. The summed E-state index contributed by atoms with van der Waals surface area (Å²) in [5.41, 5.74) is 1.73. The topological polar surface area (TPSA) is 95.9 Å². The lowest BCUT2D eigenvalue weighted by molar-refractivity contribution is -0.152. The number of hydrogen-bond donors (Lipinski definition) is 2. The minimum Gasteiger partial charge on any atom is -0.465 e. The van der Waals surface area contributed by atoms with Crippen molar-refractivity contribution < 1.29 is 22.5 Å². The zero-order valence-corrected chi connectivity index (χ0v) is 19.7. The van der Waals surface area contributed by atoms with E-state index in [-0.39, 0.29) is 11.7 Å². The van der Waals surface area contributed by atoms with Crippen LogP contribution in [0.5, 0.6) is 0 Å². The van der Waals surface area contributed by atoms with Crippen LogP contribution >= 0.6 is 0 Å². The molecule has 0 saturated carbocycles. The Kier molecular flexibility index (Phi) is 10.2. The van der Waals surface area contributed by atoms with E-state index in [1.54, 1.807) is 0 Å². The van der Waals surface area contributed by atoms with Gasteiger partial charge in [-0.2, -0.15) is 8.42 Å². The summed E-state index contributed by atoms with van der Waals surface area (Å²) in [6.45, 7) is 7.37. The third-order valence-corrected chi connectivity index (χ3v) is 6.33. The van der Waals surface area contributed by atoms with Gasteiger partial charge in [0.1, 0.15) is 0 Å². The average Bonchev–Trinajstić information content (AvgIpc) is 2.81. The van der Waals surface area contributed by atoms with Crippen LogP contribution in [0.2, 0.25) is 0 Å². The van der Waals surface area contributed by atoms with Gasteiger partial charge in [-0.3, -0.25) is 9.35 Å². The highest BCUT2D eigenvalue weighted by atomic mass is 32.2. The molecule has 0 radical (unpaired) electrons. The first-order valence-electron chi connectivity index (χ1n) is 11.0. The normalized spacial score (nSPS) is 15.8. The minimum atomic E-state index is -3.66. The van der Waals surface area contributed by atoms with Crippen molar-refractivity contribution >= 4 is 21.8 Å². The molecular formula is C24H34N2O5S. The number of anilines is 1. The molecule has 1 heterocycles. The van der Waals surface area contributed by atoms with E-state index < -0.39 is 15.5 Å². The molecular weight excluding hydrogens is 428 g/mol. The smallest absolute Gasteiger partial charge is 0.316 e. The van der Waals surface area contributed by atoms with Crippen LogP contribution in [0, 0.1) is 0 Å². The number of ether oxygens (including phenoxy) is 1. The second-order valence-corrected chi connectivity index (χ2v) is 9.41. The Morgan fingerprint density at radius 1 is 1.03 bits per heavy atom. The number of para-hydroxylation sites is 1. The highest BCUT2D eigenvalue weighted by Crippen LogP contribution is 2.36. The van der Waals surface area contributed by atoms with Crippen molar-refractivity contribution in [2.45, 2.75) is 32.1 Å². The van der Waals surface area contributed by atoms with Crippen molar-refractivity contribution in [1.82, 2.24) is 4.90 Å². The van der Waals surface area contributed by atoms with Gasteiger partial charge in [-0.25, -0.2) is 0 Å². The standard InChI is InChI=1S/C22H28N2O2.C2H6O3S/c1-2-26-21(25)22(19-9-5-3-6-10-19)13-16-24(17-14-22)18-15-23-20-11-7-4-8-12-20;1-2-6(3,4)5/h3-12,23H,2,13-18H2,1H3;2H2,1H3,(H,3,4,5). The Balaban J connectivity index is 0.000000534. The largest absolute Gasteiger partial charge is 0.465 e. The molecule has 7 nitrogen and oxygen atoms in total. The zero-order valence-electron chi connectivity index (χ0n) is 18.9. The maximum atomic E-state index is 12.8. The van der Waals surface area contributed by atoms with Crippen LogP contribution in [0.25, 0.3) is 0 Å². The van der Waals surface area contributed by atoms with Gasteiger partial charge in [0.15, 0.2) is 0 Å². The number of nitrogens with zero attached hydrogens (tertiary/aromatic N) is 1. The predicted molar refractivity (Wildman–Crippen MR) is 127 cm³/mol. The SMILES string of the molecule is CCOC(=O)C1(c2ccccc2)CCN(CCNc2ccccc2)CC1.CCS(=O)(=O)O. The minimum absolute atomic E-state index is 0.0757. The maximum absolute atomic E-state index is 12.8. The van der Waals surface area contributed by atoms with Gasteiger partial charge in [-0.1, -0.05) is 48.5 Å². The van der Waals surface area contributed by atoms with Crippen molar-refractivity contribution in [2.75, 3.05) is 43.9 Å². The summed E-state index contributed by atoms with van der Waals surface area (Å²) < 4.78 is 32.4. The summed E-state index contributed by atoms with van der Waals surface area (Å²) in [5, 5.41) is 3.45. The van der Waals surface area contributed by atoms with Crippen LogP contribution in [0.15, 0.2) is 60.7 Å². The first-order valence-corrected chi connectivity index (χ1v) is 12.6. The lowest BCUT2D eigenvalue weighted by Crippen LogP contribution is -2.49. The summed E-state index contributed by atoms with van der Waals surface area (Å²) in [7, 11) is -3.66. The number of esters is 1. The fourth-order valence-electron chi connectivity index (χ4n) is 3.71. The summed E-state index contributed by atoms with van der Waals surface area (Å²) in [6.07, 6.45) is 1.61. The molecule has 0 aromatic heterocycles. The van der Waals surface area contributed by atoms with Gasteiger partial charge in [-0.05, 0) is 57.5 Å². The van der Waals surface area contributed by atoms with Crippen molar-refractivity contribution in [3.05, 3.63) is 66.2 Å². The molecule has 176 valence electrons. The van der Waals surface area contributed by atoms with E-state index in [1.807, 2.05) is 43.3 Å².